The molecule has 1 unspecified atom stereocenters. The van der Waals surface area contributed by atoms with Gasteiger partial charge in [-0.3, -0.25) is 9.89 Å². The van der Waals surface area contributed by atoms with Gasteiger partial charge in [-0.15, -0.1) is 0 Å². The first-order chi connectivity index (χ1) is 14.2. The van der Waals surface area contributed by atoms with Crippen molar-refractivity contribution in [2.45, 2.75) is 12.0 Å². The van der Waals surface area contributed by atoms with Crippen LogP contribution in [0.25, 0.3) is 0 Å². The van der Waals surface area contributed by atoms with Crippen molar-refractivity contribution in [1.82, 2.24) is 15.1 Å². The standard InChI is InChI=1S/C21H32ClN5OS/c1-23-20(24-16-21(5-14-29-17-21)27-10-12-28-13-11-27)26-8-6-25(7-9-26)19-4-2-3-18(22)15-19/h2-4,15H,5-14,16-17H2,1H3,(H,23,24). The molecule has 8 heteroatoms. The van der Waals surface area contributed by atoms with Gasteiger partial charge in [0.15, 0.2) is 5.96 Å². The molecule has 0 amide bonds. The Morgan fingerprint density at radius 1 is 1.21 bits per heavy atom. The number of ether oxygens (including phenoxy) is 1. The third-order valence-electron chi connectivity index (χ3n) is 6.30. The predicted molar refractivity (Wildman–Crippen MR) is 124 cm³/mol. The number of morpholine rings is 1. The van der Waals surface area contributed by atoms with E-state index in [0.29, 0.717) is 0 Å². The molecule has 3 aliphatic rings. The van der Waals surface area contributed by atoms with Crippen LogP contribution in [0.2, 0.25) is 5.02 Å². The summed E-state index contributed by atoms with van der Waals surface area (Å²) in [7, 11) is 1.90. The third kappa shape index (κ3) is 4.95. The number of rotatable bonds is 4. The first-order valence-electron chi connectivity index (χ1n) is 10.6. The Kier molecular flexibility index (Phi) is 7.11. The van der Waals surface area contributed by atoms with Gasteiger partial charge >= 0.3 is 0 Å². The van der Waals surface area contributed by atoms with Crippen molar-refractivity contribution < 1.29 is 4.74 Å². The lowest BCUT2D eigenvalue weighted by Gasteiger charge is -2.44. The first-order valence-corrected chi connectivity index (χ1v) is 12.1. The lowest BCUT2D eigenvalue weighted by Crippen LogP contribution is -2.61. The van der Waals surface area contributed by atoms with Crippen molar-refractivity contribution in [2.75, 3.05) is 82.5 Å². The highest BCUT2D eigenvalue weighted by atomic mass is 35.5. The molecule has 1 aromatic carbocycles. The zero-order chi connectivity index (χ0) is 20.1. The number of nitrogens with zero attached hydrogens (tertiary/aromatic N) is 4. The molecule has 1 atom stereocenters. The summed E-state index contributed by atoms with van der Waals surface area (Å²) in [5.41, 5.74) is 1.43. The van der Waals surface area contributed by atoms with Gasteiger partial charge in [-0.2, -0.15) is 11.8 Å². The Morgan fingerprint density at radius 2 is 2.00 bits per heavy atom. The first kappa shape index (κ1) is 21.1. The van der Waals surface area contributed by atoms with Crippen LogP contribution in [-0.2, 0) is 4.74 Å². The zero-order valence-electron chi connectivity index (χ0n) is 17.3. The number of anilines is 1. The van der Waals surface area contributed by atoms with Gasteiger partial charge < -0.3 is 19.9 Å². The predicted octanol–water partition coefficient (Wildman–Crippen LogP) is 2.25. The molecule has 3 saturated heterocycles. The van der Waals surface area contributed by atoms with Crippen LogP contribution < -0.4 is 10.2 Å². The van der Waals surface area contributed by atoms with Crippen LogP contribution in [0.15, 0.2) is 29.3 Å². The van der Waals surface area contributed by atoms with Gasteiger partial charge in [0.05, 0.1) is 13.2 Å². The minimum Gasteiger partial charge on any atom is -0.379 e. The molecule has 1 aromatic rings. The molecule has 4 rings (SSSR count). The number of hydrogen-bond donors (Lipinski definition) is 1. The summed E-state index contributed by atoms with van der Waals surface area (Å²) in [6, 6.07) is 8.14. The molecule has 160 valence electrons. The quantitative estimate of drug-likeness (QED) is 0.575. The zero-order valence-corrected chi connectivity index (χ0v) is 18.9. The van der Waals surface area contributed by atoms with Crippen molar-refractivity contribution in [3.63, 3.8) is 0 Å². The summed E-state index contributed by atoms with van der Waals surface area (Å²) in [6.45, 7) is 8.63. The molecule has 0 aliphatic carbocycles. The smallest absolute Gasteiger partial charge is 0.193 e. The van der Waals surface area contributed by atoms with Crippen LogP contribution in [0.1, 0.15) is 6.42 Å². The number of thioether (sulfide) groups is 1. The summed E-state index contributed by atoms with van der Waals surface area (Å²) in [5, 5.41) is 4.52. The molecule has 0 bridgehead atoms. The van der Waals surface area contributed by atoms with Gasteiger partial charge in [0, 0.05) is 74.9 Å². The van der Waals surface area contributed by atoms with Crippen LogP contribution in [0.3, 0.4) is 0 Å². The second-order valence-electron chi connectivity index (χ2n) is 7.98. The summed E-state index contributed by atoms with van der Waals surface area (Å²) in [5.74, 6) is 3.47. The van der Waals surface area contributed by atoms with Crippen molar-refractivity contribution in [3.05, 3.63) is 29.3 Å². The molecule has 3 fully saturated rings. The molecule has 0 saturated carbocycles. The maximum atomic E-state index is 6.17. The Balaban J connectivity index is 1.33. The SMILES string of the molecule is CN=C(NCC1(N2CCOCC2)CCSC1)N1CCN(c2cccc(Cl)c2)CC1. The highest BCUT2D eigenvalue weighted by Gasteiger charge is 2.41. The van der Waals surface area contributed by atoms with E-state index in [-0.39, 0.29) is 5.54 Å². The number of hydrogen-bond acceptors (Lipinski definition) is 5. The van der Waals surface area contributed by atoms with Crippen LogP contribution in [-0.4, -0.2) is 98.9 Å². The van der Waals surface area contributed by atoms with Crippen LogP contribution in [0.4, 0.5) is 5.69 Å². The number of guanidine groups is 1. The number of aliphatic imine (C=N–C) groups is 1. The fourth-order valence-electron chi connectivity index (χ4n) is 4.56. The van der Waals surface area contributed by atoms with E-state index in [9.17, 15) is 0 Å². The molecule has 6 nitrogen and oxygen atoms in total. The largest absolute Gasteiger partial charge is 0.379 e. The van der Waals surface area contributed by atoms with E-state index >= 15 is 0 Å². The molecular weight excluding hydrogens is 406 g/mol. The molecule has 29 heavy (non-hydrogen) atoms. The Bertz CT molecular complexity index is 698. The topological polar surface area (TPSA) is 43.3 Å². The maximum Gasteiger partial charge on any atom is 0.193 e. The fourth-order valence-corrected chi connectivity index (χ4v) is 6.22. The highest BCUT2D eigenvalue weighted by molar-refractivity contribution is 7.99. The molecule has 0 radical (unpaired) electrons. The van der Waals surface area contributed by atoms with Gasteiger partial charge in [-0.1, -0.05) is 17.7 Å². The van der Waals surface area contributed by atoms with Crippen LogP contribution in [0, 0.1) is 0 Å². The second kappa shape index (κ2) is 9.77. The van der Waals surface area contributed by atoms with E-state index in [2.05, 4.69) is 42.8 Å². The number of nitrogens with one attached hydrogen (secondary N) is 1. The van der Waals surface area contributed by atoms with E-state index in [1.165, 1.54) is 23.6 Å². The van der Waals surface area contributed by atoms with Gasteiger partial charge in [-0.05, 0) is 30.4 Å². The number of piperazine rings is 1. The fraction of sp³-hybridized carbons (Fsp3) is 0.667. The van der Waals surface area contributed by atoms with Gasteiger partial charge in [0.25, 0.3) is 0 Å². The minimum absolute atomic E-state index is 0.229. The Morgan fingerprint density at radius 3 is 2.66 bits per heavy atom. The summed E-state index contributed by atoms with van der Waals surface area (Å²) in [4.78, 5) is 12.0. The van der Waals surface area contributed by atoms with E-state index in [1.54, 1.807) is 0 Å². The van der Waals surface area contributed by atoms with Crippen LogP contribution in [0.5, 0.6) is 0 Å². The van der Waals surface area contributed by atoms with Crippen molar-refractivity contribution in [2.24, 2.45) is 4.99 Å². The van der Waals surface area contributed by atoms with E-state index in [0.717, 1.165) is 70.0 Å². The van der Waals surface area contributed by atoms with E-state index in [1.807, 2.05) is 25.2 Å². The van der Waals surface area contributed by atoms with E-state index in [4.69, 9.17) is 16.3 Å². The maximum absolute atomic E-state index is 6.17. The minimum atomic E-state index is 0.229. The Hall–Kier alpha value is -1.15. The van der Waals surface area contributed by atoms with Crippen molar-refractivity contribution >= 4 is 35.0 Å². The summed E-state index contributed by atoms with van der Waals surface area (Å²) in [6.07, 6.45) is 1.24. The van der Waals surface area contributed by atoms with Gasteiger partial charge in [0.2, 0.25) is 0 Å². The summed E-state index contributed by atoms with van der Waals surface area (Å²) < 4.78 is 5.59. The lowest BCUT2D eigenvalue weighted by atomic mass is 9.95. The normalized spacial score (nSPS) is 26.8. The van der Waals surface area contributed by atoms with Crippen molar-refractivity contribution in [3.8, 4) is 0 Å². The van der Waals surface area contributed by atoms with Crippen molar-refractivity contribution in [1.29, 1.82) is 0 Å². The van der Waals surface area contributed by atoms with Gasteiger partial charge in [0.1, 0.15) is 0 Å². The second-order valence-corrected chi connectivity index (χ2v) is 9.52. The monoisotopic (exact) mass is 437 g/mol. The average Bonchev–Trinajstić information content (AvgIpc) is 3.25. The molecular formula is C21H32ClN5OS. The average molecular weight is 438 g/mol. The number of benzene rings is 1. The molecule has 3 heterocycles. The molecule has 0 aromatic heterocycles. The molecule has 1 N–H and O–H groups in total. The Labute approximate surface area is 183 Å². The third-order valence-corrected chi connectivity index (χ3v) is 7.77. The molecule has 3 aliphatic heterocycles. The van der Waals surface area contributed by atoms with E-state index < -0.39 is 0 Å². The molecule has 0 spiro atoms. The highest BCUT2D eigenvalue weighted by Crippen LogP contribution is 2.33. The van der Waals surface area contributed by atoms with Gasteiger partial charge in [-0.25, -0.2) is 0 Å². The lowest BCUT2D eigenvalue weighted by molar-refractivity contribution is -0.0121. The van der Waals surface area contributed by atoms with Crippen LogP contribution >= 0.6 is 23.4 Å². The number of halogens is 1. The summed E-state index contributed by atoms with van der Waals surface area (Å²) >= 11 is 8.24.